The lowest BCUT2D eigenvalue weighted by molar-refractivity contribution is 0.187. The van der Waals surface area contributed by atoms with Gasteiger partial charge in [0.25, 0.3) is 15.6 Å². The van der Waals surface area contributed by atoms with Gasteiger partial charge < -0.3 is 9.30 Å². The SMILES string of the molecule is COc1ccc(S(=O)(=O)N2C[C@@H]3C[C@H](C2)c2c(NS(=O)(=O)c4ccccc4)ccc(=O)n2C3)cc1. The highest BCUT2D eigenvalue weighted by atomic mass is 32.2. The molecule has 0 spiro atoms. The van der Waals surface area contributed by atoms with E-state index in [1.807, 2.05) is 0 Å². The van der Waals surface area contributed by atoms with Crippen LogP contribution in [0, 0.1) is 5.92 Å². The number of fused-ring (bicyclic) bond motifs is 4. The van der Waals surface area contributed by atoms with Gasteiger partial charge >= 0.3 is 0 Å². The summed E-state index contributed by atoms with van der Waals surface area (Å²) in [5, 5.41) is 0. The number of nitrogens with one attached hydrogen (secondary N) is 1. The molecule has 1 saturated heterocycles. The van der Waals surface area contributed by atoms with E-state index < -0.39 is 20.0 Å². The highest BCUT2D eigenvalue weighted by Crippen LogP contribution is 2.40. The van der Waals surface area contributed by atoms with E-state index in [1.165, 1.54) is 47.8 Å². The molecule has 1 fully saturated rings. The molecule has 0 unspecified atom stereocenters. The van der Waals surface area contributed by atoms with Gasteiger partial charge in [0.05, 0.1) is 22.6 Å². The van der Waals surface area contributed by atoms with Crippen molar-refractivity contribution in [2.45, 2.75) is 28.7 Å². The van der Waals surface area contributed by atoms with Gasteiger partial charge in [-0.25, -0.2) is 16.8 Å². The molecule has 0 aliphatic carbocycles. The second-order valence-corrected chi connectivity index (χ2v) is 12.4. The van der Waals surface area contributed by atoms with Crippen molar-refractivity contribution in [3.05, 3.63) is 82.8 Å². The minimum Gasteiger partial charge on any atom is -0.497 e. The molecule has 0 radical (unpaired) electrons. The van der Waals surface area contributed by atoms with Crippen LogP contribution in [0.5, 0.6) is 5.75 Å². The van der Waals surface area contributed by atoms with Gasteiger partial charge in [-0.1, -0.05) is 18.2 Å². The maximum absolute atomic E-state index is 13.4. The Morgan fingerprint density at radius 2 is 1.57 bits per heavy atom. The van der Waals surface area contributed by atoms with Gasteiger partial charge in [-0.05, 0) is 54.8 Å². The summed E-state index contributed by atoms with van der Waals surface area (Å²) >= 11 is 0. The van der Waals surface area contributed by atoms with Crippen LogP contribution in [0.2, 0.25) is 0 Å². The van der Waals surface area contributed by atoms with Crippen molar-refractivity contribution in [3.8, 4) is 5.75 Å². The number of rotatable bonds is 6. The molecular weight excluding hydrogens is 490 g/mol. The van der Waals surface area contributed by atoms with Crippen molar-refractivity contribution >= 4 is 25.7 Å². The standard InChI is InChI=1S/C24H25N3O6S2/c1-33-19-7-9-21(10-8-19)35(31,32)26-14-17-13-18(16-26)24-22(11-12-23(28)27(24)15-17)25-34(29,30)20-5-3-2-4-6-20/h2-12,17-18,25H,13-16H2,1H3/t17-,18+/m0/s1. The summed E-state index contributed by atoms with van der Waals surface area (Å²) in [5.41, 5.74) is 0.576. The molecule has 2 aliphatic heterocycles. The molecule has 184 valence electrons. The monoisotopic (exact) mass is 515 g/mol. The third kappa shape index (κ3) is 4.35. The van der Waals surface area contributed by atoms with Gasteiger partial charge in [0, 0.05) is 37.3 Å². The van der Waals surface area contributed by atoms with Crippen molar-refractivity contribution in [1.82, 2.24) is 8.87 Å². The van der Waals surface area contributed by atoms with Crippen LogP contribution in [-0.4, -0.2) is 45.9 Å². The molecule has 1 N–H and O–H groups in total. The van der Waals surface area contributed by atoms with Crippen LogP contribution in [0.25, 0.3) is 0 Å². The van der Waals surface area contributed by atoms with Crippen LogP contribution < -0.4 is 15.0 Å². The molecule has 9 nitrogen and oxygen atoms in total. The number of nitrogens with zero attached hydrogens (tertiary/aromatic N) is 2. The molecule has 35 heavy (non-hydrogen) atoms. The molecule has 2 atom stereocenters. The Morgan fingerprint density at radius 1 is 0.857 bits per heavy atom. The predicted octanol–water partition coefficient (Wildman–Crippen LogP) is 2.47. The van der Waals surface area contributed by atoms with Gasteiger partial charge in [0.1, 0.15) is 5.75 Å². The molecule has 0 amide bonds. The van der Waals surface area contributed by atoms with E-state index in [2.05, 4.69) is 4.72 Å². The first-order valence-electron chi connectivity index (χ1n) is 11.1. The number of anilines is 1. The largest absolute Gasteiger partial charge is 0.497 e. The third-order valence-electron chi connectivity index (χ3n) is 6.55. The minimum atomic E-state index is -3.89. The lowest BCUT2D eigenvalue weighted by Gasteiger charge is -2.42. The Bertz CT molecular complexity index is 1520. The van der Waals surface area contributed by atoms with Crippen LogP contribution in [0.3, 0.4) is 0 Å². The van der Waals surface area contributed by atoms with Crippen LogP contribution in [-0.2, 0) is 26.6 Å². The summed E-state index contributed by atoms with van der Waals surface area (Å²) in [4.78, 5) is 12.9. The molecular formula is C24H25N3O6S2. The molecule has 2 bridgehead atoms. The first-order chi connectivity index (χ1) is 16.7. The number of methoxy groups -OCH3 is 1. The van der Waals surface area contributed by atoms with Crippen molar-refractivity contribution in [2.75, 3.05) is 24.9 Å². The first kappa shape index (κ1) is 23.6. The van der Waals surface area contributed by atoms with Crippen LogP contribution in [0.1, 0.15) is 18.0 Å². The molecule has 0 saturated carbocycles. The Balaban J connectivity index is 1.50. The van der Waals surface area contributed by atoms with Crippen molar-refractivity contribution in [1.29, 1.82) is 0 Å². The fourth-order valence-corrected chi connectivity index (χ4v) is 7.61. The number of piperidine rings is 1. The zero-order chi connectivity index (χ0) is 24.8. The number of ether oxygens (including phenoxy) is 1. The van der Waals surface area contributed by atoms with E-state index in [4.69, 9.17) is 4.74 Å². The quantitative estimate of drug-likeness (QED) is 0.539. The summed E-state index contributed by atoms with van der Waals surface area (Å²) in [6.45, 7) is 0.755. The van der Waals surface area contributed by atoms with Crippen molar-refractivity contribution in [2.24, 2.45) is 5.92 Å². The molecule has 3 heterocycles. The zero-order valence-corrected chi connectivity index (χ0v) is 20.6. The highest BCUT2D eigenvalue weighted by Gasteiger charge is 2.41. The Labute approximate surface area is 204 Å². The van der Waals surface area contributed by atoms with Crippen molar-refractivity contribution in [3.63, 3.8) is 0 Å². The predicted molar refractivity (Wildman–Crippen MR) is 131 cm³/mol. The molecule has 2 aliphatic rings. The van der Waals surface area contributed by atoms with Crippen LogP contribution >= 0.6 is 0 Å². The van der Waals surface area contributed by atoms with Gasteiger partial charge in [0.15, 0.2) is 0 Å². The summed E-state index contributed by atoms with van der Waals surface area (Å²) in [6, 6.07) is 17.0. The van der Waals surface area contributed by atoms with E-state index in [-0.39, 0.29) is 40.3 Å². The number of pyridine rings is 1. The zero-order valence-electron chi connectivity index (χ0n) is 19.0. The lowest BCUT2D eigenvalue weighted by Crippen LogP contribution is -2.49. The molecule has 2 aromatic carbocycles. The normalized spacial score (nSPS) is 20.1. The lowest BCUT2D eigenvalue weighted by atomic mass is 9.83. The van der Waals surface area contributed by atoms with Crippen molar-refractivity contribution < 1.29 is 21.6 Å². The van der Waals surface area contributed by atoms with Gasteiger partial charge in [-0.2, -0.15) is 4.31 Å². The fraction of sp³-hybridized carbons (Fsp3) is 0.292. The number of sulfonamides is 2. The maximum atomic E-state index is 13.4. The summed E-state index contributed by atoms with van der Waals surface area (Å²) in [7, 11) is -6.16. The molecule has 1 aromatic heterocycles. The Morgan fingerprint density at radius 3 is 2.26 bits per heavy atom. The molecule has 5 rings (SSSR count). The second-order valence-electron chi connectivity index (χ2n) is 8.80. The number of benzene rings is 2. The number of hydrogen-bond donors (Lipinski definition) is 1. The minimum absolute atomic E-state index is 0.0621. The summed E-state index contributed by atoms with van der Waals surface area (Å²) < 4.78 is 63.5. The smallest absolute Gasteiger partial charge is 0.261 e. The highest BCUT2D eigenvalue weighted by molar-refractivity contribution is 7.92. The number of aromatic nitrogens is 1. The van der Waals surface area contributed by atoms with E-state index >= 15 is 0 Å². The topological polar surface area (TPSA) is 115 Å². The van der Waals surface area contributed by atoms with Gasteiger partial charge in [0.2, 0.25) is 10.0 Å². The maximum Gasteiger partial charge on any atom is 0.261 e. The van der Waals surface area contributed by atoms with Crippen LogP contribution in [0.4, 0.5) is 5.69 Å². The first-order valence-corrected chi connectivity index (χ1v) is 14.1. The Hall–Kier alpha value is -3.15. The van der Waals surface area contributed by atoms with E-state index in [0.29, 0.717) is 30.1 Å². The van der Waals surface area contributed by atoms with E-state index in [9.17, 15) is 21.6 Å². The second kappa shape index (κ2) is 8.81. The summed E-state index contributed by atoms with van der Waals surface area (Å²) in [6.07, 6.45) is 0.665. The summed E-state index contributed by atoms with van der Waals surface area (Å²) in [5.74, 6) is 0.161. The Kier molecular flexibility index (Phi) is 5.94. The molecule has 3 aromatic rings. The average Bonchev–Trinajstić information content (AvgIpc) is 2.86. The van der Waals surface area contributed by atoms with E-state index in [1.54, 1.807) is 34.9 Å². The average molecular weight is 516 g/mol. The van der Waals surface area contributed by atoms with Gasteiger partial charge in [-0.15, -0.1) is 0 Å². The number of hydrogen-bond acceptors (Lipinski definition) is 6. The van der Waals surface area contributed by atoms with E-state index in [0.717, 1.165) is 0 Å². The van der Waals surface area contributed by atoms with Gasteiger partial charge in [-0.3, -0.25) is 9.52 Å². The fourth-order valence-electron chi connectivity index (χ4n) is 4.95. The van der Waals surface area contributed by atoms with Crippen LogP contribution in [0.15, 0.2) is 81.3 Å². The molecule has 11 heteroatoms. The third-order valence-corrected chi connectivity index (χ3v) is 9.78.